The highest BCUT2D eigenvalue weighted by atomic mass is 32.1. The molecule has 132 valence electrons. The highest BCUT2D eigenvalue weighted by molar-refractivity contribution is 7.13. The number of hydrogen-bond acceptors (Lipinski definition) is 4. The van der Waals surface area contributed by atoms with Crippen LogP contribution in [-0.4, -0.2) is 42.4 Å². The Hall–Kier alpha value is -2.18. The third kappa shape index (κ3) is 4.46. The molecule has 1 aromatic carbocycles. The number of nitrogens with one attached hydrogen (secondary N) is 1. The van der Waals surface area contributed by atoms with Crippen LogP contribution in [0.2, 0.25) is 0 Å². The van der Waals surface area contributed by atoms with Crippen LogP contribution in [0.5, 0.6) is 0 Å². The van der Waals surface area contributed by atoms with Crippen LogP contribution in [0.25, 0.3) is 10.4 Å². The minimum Gasteiger partial charge on any atom is -0.369 e. The van der Waals surface area contributed by atoms with E-state index in [4.69, 9.17) is 5.73 Å². The molecule has 0 atom stereocenters. The molecular weight excluding hydrogens is 334 g/mol. The SMILES string of the molecule is Cc1ccsc1-c1ccc(C(=O)NC2CCN(CC(N)=O)CC2)cc1. The van der Waals surface area contributed by atoms with Gasteiger partial charge in [0.15, 0.2) is 0 Å². The first-order valence-electron chi connectivity index (χ1n) is 8.49. The molecule has 2 heterocycles. The molecule has 1 aliphatic rings. The summed E-state index contributed by atoms with van der Waals surface area (Å²) in [7, 11) is 0. The normalized spacial score (nSPS) is 15.9. The number of hydrogen-bond donors (Lipinski definition) is 2. The Morgan fingerprint density at radius 3 is 2.44 bits per heavy atom. The van der Waals surface area contributed by atoms with E-state index in [-0.39, 0.29) is 17.9 Å². The van der Waals surface area contributed by atoms with E-state index in [9.17, 15) is 9.59 Å². The number of benzene rings is 1. The Labute approximate surface area is 151 Å². The zero-order valence-electron chi connectivity index (χ0n) is 14.3. The van der Waals surface area contributed by atoms with Crippen LogP contribution in [-0.2, 0) is 4.79 Å². The van der Waals surface area contributed by atoms with Crippen molar-refractivity contribution < 1.29 is 9.59 Å². The summed E-state index contributed by atoms with van der Waals surface area (Å²) < 4.78 is 0. The summed E-state index contributed by atoms with van der Waals surface area (Å²) in [5.74, 6) is -0.341. The Morgan fingerprint density at radius 2 is 1.88 bits per heavy atom. The van der Waals surface area contributed by atoms with Gasteiger partial charge in [-0.2, -0.15) is 0 Å². The molecule has 0 bridgehead atoms. The van der Waals surface area contributed by atoms with Crippen molar-refractivity contribution in [3.63, 3.8) is 0 Å². The molecule has 0 saturated carbocycles. The largest absolute Gasteiger partial charge is 0.369 e. The predicted molar refractivity (Wildman–Crippen MR) is 101 cm³/mol. The summed E-state index contributed by atoms with van der Waals surface area (Å²) >= 11 is 1.71. The fourth-order valence-corrected chi connectivity index (χ4v) is 4.10. The molecule has 1 saturated heterocycles. The van der Waals surface area contributed by atoms with Gasteiger partial charge < -0.3 is 11.1 Å². The van der Waals surface area contributed by atoms with Gasteiger partial charge in [-0.3, -0.25) is 14.5 Å². The monoisotopic (exact) mass is 357 g/mol. The maximum atomic E-state index is 12.4. The third-order valence-electron chi connectivity index (χ3n) is 4.57. The fraction of sp³-hybridized carbons (Fsp3) is 0.368. The smallest absolute Gasteiger partial charge is 0.251 e. The first-order valence-corrected chi connectivity index (χ1v) is 9.37. The number of amides is 2. The molecule has 2 amide bonds. The molecule has 1 fully saturated rings. The minimum atomic E-state index is -0.302. The zero-order chi connectivity index (χ0) is 17.8. The van der Waals surface area contributed by atoms with E-state index in [0.717, 1.165) is 31.5 Å². The Morgan fingerprint density at radius 1 is 1.20 bits per heavy atom. The summed E-state index contributed by atoms with van der Waals surface area (Å²) in [6.45, 7) is 3.95. The zero-order valence-corrected chi connectivity index (χ0v) is 15.1. The van der Waals surface area contributed by atoms with E-state index in [0.29, 0.717) is 12.1 Å². The number of aryl methyl sites for hydroxylation is 1. The van der Waals surface area contributed by atoms with Gasteiger partial charge in [-0.15, -0.1) is 11.3 Å². The van der Waals surface area contributed by atoms with Crippen LogP contribution in [0, 0.1) is 6.92 Å². The Balaban J connectivity index is 1.55. The molecule has 0 spiro atoms. The van der Waals surface area contributed by atoms with E-state index in [1.165, 1.54) is 10.4 Å². The van der Waals surface area contributed by atoms with Crippen LogP contribution in [0.4, 0.5) is 0 Å². The lowest BCUT2D eigenvalue weighted by Crippen LogP contribution is -2.46. The summed E-state index contributed by atoms with van der Waals surface area (Å²) in [6.07, 6.45) is 1.68. The maximum absolute atomic E-state index is 12.4. The Bertz CT molecular complexity index is 746. The van der Waals surface area contributed by atoms with Crippen molar-refractivity contribution in [2.75, 3.05) is 19.6 Å². The molecule has 2 aromatic rings. The number of nitrogens with zero attached hydrogens (tertiary/aromatic N) is 1. The molecule has 1 aliphatic heterocycles. The molecule has 3 N–H and O–H groups in total. The van der Waals surface area contributed by atoms with Crippen LogP contribution in [0.1, 0.15) is 28.8 Å². The predicted octanol–water partition coefficient (Wildman–Crippen LogP) is 2.40. The lowest BCUT2D eigenvalue weighted by atomic mass is 10.0. The molecule has 6 heteroatoms. The topological polar surface area (TPSA) is 75.4 Å². The van der Waals surface area contributed by atoms with Crippen molar-refractivity contribution in [3.05, 3.63) is 46.8 Å². The summed E-state index contributed by atoms with van der Waals surface area (Å²) in [5, 5.41) is 5.17. The minimum absolute atomic E-state index is 0.0391. The van der Waals surface area contributed by atoms with E-state index >= 15 is 0 Å². The number of thiophene rings is 1. The van der Waals surface area contributed by atoms with Gasteiger partial charge in [-0.25, -0.2) is 0 Å². The van der Waals surface area contributed by atoms with E-state index in [1.807, 2.05) is 29.2 Å². The average molecular weight is 357 g/mol. The molecule has 0 unspecified atom stereocenters. The Kier molecular flexibility index (Phi) is 5.50. The van der Waals surface area contributed by atoms with Crippen molar-refractivity contribution >= 4 is 23.2 Å². The van der Waals surface area contributed by atoms with E-state index < -0.39 is 0 Å². The van der Waals surface area contributed by atoms with Gasteiger partial charge in [0.2, 0.25) is 5.91 Å². The van der Waals surface area contributed by atoms with Crippen LogP contribution in [0.15, 0.2) is 35.7 Å². The lowest BCUT2D eigenvalue weighted by Gasteiger charge is -2.31. The first kappa shape index (κ1) is 17.6. The summed E-state index contributed by atoms with van der Waals surface area (Å²) in [4.78, 5) is 26.7. The molecule has 5 nitrogen and oxygen atoms in total. The summed E-state index contributed by atoms with van der Waals surface area (Å²) in [5.41, 5.74) is 8.30. The standard InChI is InChI=1S/C19H23N3O2S/c1-13-8-11-25-18(13)14-2-4-15(5-3-14)19(24)21-16-6-9-22(10-7-16)12-17(20)23/h2-5,8,11,16H,6-7,9-10,12H2,1H3,(H2,20,23)(H,21,24). The number of rotatable bonds is 5. The first-order chi connectivity index (χ1) is 12.0. The fourth-order valence-electron chi connectivity index (χ4n) is 3.17. The highest BCUT2D eigenvalue weighted by Crippen LogP contribution is 2.29. The number of carbonyl (C=O) groups is 2. The molecular formula is C19H23N3O2S. The number of primary amides is 1. The molecule has 1 aromatic heterocycles. The van der Waals surface area contributed by atoms with Crippen molar-refractivity contribution in [2.24, 2.45) is 5.73 Å². The maximum Gasteiger partial charge on any atom is 0.251 e. The molecule has 0 aliphatic carbocycles. The quantitative estimate of drug-likeness (QED) is 0.863. The average Bonchev–Trinajstić information content (AvgIpc) is 3.02. The third-order valence-corrected chi connectivity index (χ3v) is 5.64. The summed E-state index contributed by atoms with van der Waals surface area (Å²) in [6, 6.07) is 10.0. The molecule has 3 rings (SSSR count). The second-order valence-corrected chi connectivity index (χ2v) is 7.42. The molecule has 0 radical (unpaired) electrons. The van der Waals surface area contributed by atoms with E-state index in [2.05, 4.69) is 23.7 Å². The van der Waals surface area contributed by atoms with Gasteiger partial charge in [0.05, 0.1) is 6.54 Å². The van der Waals surface area contributed by atoms with Crippen molar-refractivity contribution in [1.29, 1.82) is 0 Å². The van der Waals surface area contributed by atoms with Crippen LogP contribution < -0.4 is 11.1 Å². The molecule has 25 heavy (non-hydrogen) atoms. The van der Waals surface area contributed by atoms with Crippen LogP contribution in [0.3, 0.4) is 0 Å². The highest BCUT2D eigenvalue weighted by Gasteiger charge is 2.21. The van der Waals surface area contributed by atoms with Crippen molar-refractivity contribution in [3.8, 4) is 10.4 Å². The lowest BCUT2D eigenvalue weighted by molar-refractivity contribution is -0.119. The van der Waals surface area contributed by atoms with Gasteiger partial charge in [0.25, 0.3) is 5.91 Å². The van der Waals surface area contributed by atoms with E-state index in [1.54, 1.807) is 11.3 Å². The van der Waals surface area contributed by atoms with Gasteiger partial charge in [0.1, 0.15) is 0 Å². The van der Waals surface area contributed by atoms with Gasteiger partial charge in [-0.05, 0) is 54.5 Å². The second-order valence-electron chi connectivity index (χ2n) is 6.50. The van der Waals surface area contributed by atoms with Gasteiger partial charge in [0, 0.05) is 29.6 Å². The van der Waals surface area contributed by atoms with Crippen molar-refractivity contribution in [1.82, 2.24) is 10.2 Å². The number of carbonyl (C=O) groups excluding carboxylic acids is 2. The number of likely N-dealkylation sites (tertiary alicyclic amines) is 1. The number of nitrogens with two attached hydrogens (primary N) is 1. The number of piperidine rings is 1. The van der Waals surface area contributed by atoms with Crippen LogP contribution >= 0.6 is 11.3 Å². The van der Waals surface area contributed by atoms with Gasteiger partial charge in [-0.1, -0.05) is 12.1 Å². The van der Waals surface area contributed by atoms with Gasteiger partial charge >= 0.3 is 0 Å². The van der Waals surface area contributed by atoms with Crippen molar-refractivity contribution in [2.45, 2.75) is 25.8 Å². The second kappa shape index (κ2) is 7.80.